The third-order valence-corrected chi connectivity index (χ3v) is 86.8. The van der Waals surface area contributed by atoms with E-state index < -0.39 is 114 Å². The highest BCUT2D eigenvalue weighted by atomic mass is 28.4. The van der Waals surface area contributed by atoms with Gasteiger partial charge in [-0.05, 0) is 127 Å². The van der Waals surface area contributed by atoms with Crippen molar-refractivity contribution in [3.05, 3.63) is 137 Å². The summed E-state index contributed by atoms with van der Waals surface area (Å²) in [5, 5.41) is 13.0. The minimum absolute atomic E-state index is 0.0887. The highest BCUT2D eigenvalue weighted by Crippen LogP contribution is 2.58. The summed E-state index contributed by atoms with van der Waals surface area (Å²) < 4.78 is -0.177. The smallest absolute Gasteiger partial charge is 0.0751 e. The molecule has 498 valence electrons. The molecule has 2 aliphatic heterocycles. The van der Waals surface area contributed by atoms with E-state index in [1.807, 2.05) is 32.6 Å². The van der Waals surface area contributed by atoms with Gasteiger partial charge in [-0.1, -0.05) is 329 Å². The number of hydrogen-bond acceptors (Lipinski definition) is 0. The van der Waals surface area contributed by atoms with Crippen molar-refractivity contribution in [1.82, 2.24) is 0 Å². The van der Waals surface area contributed by atoms with E-state index in [-0.39, 0.29) is 9.32 Å². The topological polar surface area (TPSA) is 0 Å². The first-order valence-electron chi connectivity index (χ1n) is 35.3. The minimum atomic E-state index is -2.29. The van der Waals surface area contributed by atoms with Gasteiger partial charge in [-0.15, -0.1) is 0 Å². The molecule has 6 rings (SSSR count). The van der Waals surface area contributed by atoms with Crippen molar-refractivity contribution in [3.63, 3.8) is 0 Å². The second kappa shape index (κ2) is 24.6. The van der Waals surface area contributed by atoms with Crippen molar-refractivity contribution in [2.24, 2.45) is 0 Å². The predicted molar refractivity (Wildman–Crippen MR) is 453 cm³/mol. The summed E-state index contributed by atoms with van der Waals surface area (Å²) in [6, 6.07) is 22.5. The van der Waals surface area contributed by atoms with Crippen LogP contribution < -0.4 is 20.7 Å². The van der Waals surface area contributed by atoms with Gasteiger partial charge in [0.05, 0.1) is 32.3 Å². The Morgan fingerprint density at radius 3 is 0.644 bits per heavy atom. The van der Waals surface area contributed by atoms with Crippen molar-refractivity contribution in [3.8, 4) is 0 Å². The maximum atomic E-state index is 5.01. The largest absolute Gasteiger partial charge is 0.162 e. The molecule has 0 saturated carbocycles. The Morgan fingerprint density at radius 1 is 0.267 bits per heavy atom. The lowest BCUT2D eigenvalue weighted by Crippen LogP contribution is -2.65. The van der Waals surface area contributed by atoms with E-state index in [1.54, 1.807) is 31.9 Å². The Bertz CT molecular complexity index is 3160. The van der Waals surface area contributed by atoms with Crippen molar-refractivity contribution in [1.29, 1.82) is 0 Å². The van der Waals surface area contributed by atoms with Crippen LogP contribution in [0.5, 0.6) is 0 Å². The standard InChI is InChI=1S/C76H138Si14/c1-53-45-55(3)67(56(4)46-53)77-65(75(87(31,32)33,88(34,35)36)63-51-59(71(79(7,8)9)80(10,11)12)49-61(69(63)77)73(83(19,20)21)84(22,23)24)43-44-66-76(89(37,38)39,90(40,41)42)64-52-60(72(81(13,14)15)82(16,17)18)50-62(74(85(25,26)27)86(28,29)30)70(64)78(66)68-57(5)47-54(2)48-58(68)6/h45-52,71-74H,1-42H3. The Labute approximate surface area is 574 Å². The summed E-state index contributed by atoms with van der Waals surface area (Å²) in [5.41, 5.74) is 29.6. The van der Waals surface area contributed by atoms with E-state index >= 15 is 0 Å². The van der Waals surface area contributed by atoms with Gasteiger partial charge in [-0.2, -0.15) is 0 Å². The number of benzene rings is 4. The van der Waals surface area contributed by atoms with Crippen LogP contribution in [0.2, 0.25) is 236 Å². The summed E-state index contributed by atoms with van der Waals surface area (Å²) in [6.45, 7) is 115. The van der Waals surface area contributed by atoms with Gasteiger partial charge < -0.3 is 0 Å². The van der Waals surface area contributed by atoms with Gasteiger partial charge in [0, 0.05) is 73.9 Å². The molecule has 0 atom stereocenters. The quantitative estimate of drug-likeness (QED) is 0.0688. The third kappa shape index (κ3) is 13.9. The molecule has 0 amide bonds. The van der Waals surface area contributed by atoms with E-state index in [4.69, 9.17) is 11.5 Å². The zero-order valence-electron chi connectivity index (χ0n) is 66.9. The Balaban J connectivity index is 2.26. The van der Waals surface area contributed by atoms with Gasteiger partial charge in [-0.3, -0.25) is 0 Å². The summed E-state index contributed by atoms with van der Waals surface area (Å²) in [4.78, 5) is 0. The molecule has 0 spiro atoms. The zero-order chi connectivity index (χ0) is 69.9. The van der Waals surface area contributed by atoms with Crippen molar-refractivity contribution in [2.75, 3.05) is 0 Å². The molecule has 4 aromatic rings. The Morgan fingerprint density at radius 2 is 0.467 bits per heavy atom. The van der Waals surface area contributed by atoms with Crippen LogP contribution in [-0.4, -0.2) is 114 Å². The number of fused-ring (bicyclic) bond motifs is 2. The van der Waals surface area contributed by atoms with Gasteiger partial charge in [0.1, 0.15) is 0 Å². The fraction of sp³-hybridized carbons (Fsp3) is 0.632. The lowest BCUT2D eigenvalue weighted by Gasteiger charge is -2.52. The van der Waals surface area contributed by atoms with Crippen LogP contribution in [0.1, 0.15) is 87.4 Å². The molecule has 0 bridgehead atoms. The third-order valence-electron chi connectivity index (χ3n) is 21.8. The monoisotopic (exact) mass is 1440 g/mol. The summed E-state index contributed by atoms with van der Waals surface area (Å²) in [7, 11) is -27.0. The van der Waals surface area contributed by atoms with Crippen LogP contribution >= 0.6 is 0 Å². The molecule has 14 heteroatoms. The number of aryl methyl sites for hydroxylation is 6. The van der Waals surface area contributed by atoms with Gasteiger partial charge in [-0.25, -0.2) is 0 Å². The average molecular weight is 1450 g/mol. The van der Waals surface area contributed by atoms with Crippen molar-refractivity contribution in [2.45, 2.75) is 307 Å². The molecule has 0 fully saturated rings. The molecule has 0 nitrogen and oxygen atoms in total. The van der Waals surface area contributed by atoms with Crippen LogP contribution in [0, 0.1) is 41.5 Å². The van der Waals surface area contributed by atoms with Gasteiger partial charge in [0.15, 0.2) is 17.6 Å². The first kappa shape index (κ1) is 78.2. The maximum absolute atomic E-state index is 5.01. The van der Waals surface area contributed by atoms with Gasteiger partial charge >= 0.3 is 0 Å². The van der Waals surface area contributed by atoms with E-state index in [9.17, 15) is 0 Å². The molecule has 4 aromatic carbocycles. The summed E-state index contributed by atoms with van der Waals surface area (Å²) in [5.74, 6) is 0. The molecule has 2 radical (unpaired) electrons. The van der Waals surface area contributed by atoms with Crippen LogP contribution in [-0.2, 0) is 9.32 Å². The number of hydrogen-bond donors (Lipinski definition) is 0. The lowest BCUT2D eigenvalue weighted by molar-refractivity contribution is 0.949. The van der Waals surface area contributed by atoms with Crippen LogP contribution in [0.25, 0.3) is 0 Å². The van der Waals surface area contributed by atoms with Gasteiger partial charge in [0.2, 0.25) is 0 Å². The second-order valence-corrected chi connectivity index (χ2v) is 114. The molecule has 0 saturated heterocycles. The molecule has 90 heavy (non-hydrogen) atoms. The number of allylic oxidation sites excluding steroid dienone is 2. The van der Waals surface area contributed by atoms with Crippen molar-refractivity contribution >= 4 is 135 Å². The zero-order valence-corrected chi connectivity index (χ0v) is 80.9. The molecule has 0 N–H and O–H groups in total. The van der Waals surface area contributed by atoms with E-state index in [0.29, 0.717) is 20.7 Å². The molecule has 2 aliphatic rings. The second-order valence-electron chi connectivity index (χ2n) is 42.5. The highest BCUT2D eigenvalue weighted by molar-refractivity contribution is 7.09. The number of rotatable bonds is 18. The van der Waals surface area contributed by atoms with E-state index in [0.717, 1.165) is 0 Å². The molecular formula is C76H138Si14. The van der Waals surface area contributed by atoms with E-state index in [1.165, 1.54) is 33.4 Å². The van der Waals surface area contributed by atoms with Crippen LogP contribution in [0.4, 0.5) is 0 Å². The summed E-state index contributed by atoms with van der Waals surface area (Å²) in [6.07, 6.45) is 0. The van der Waals surface area contributed by atoms with Crippen LogP contribution in [0.3, 0.4) is 0 Å². The average Bonchev–Trinajstić information content (AvgIpc) is 1.50. The Hall–Kier alpha value is -0.784. The Kier molecular flexibility index (Phi) is 21.4. The molecule has 0 unspecified atom stereocenters. The normalized spacial score (nSPS) is 17.1. The summed E-state index contributed by atoms with van der Waals surface area (Å²) >= 11 is 0. The van der Waals surface area contributed by atoms with Crippen molar-refractivity contribution < 1.29 is 0 Å². The highest BCUT2D eigenvalue weighted by Gasteiger charge is 2.67. The first-order chi connectivity index (χ1) is 39.8. The maximum Gasteiger partial charge on any atom is 0.162 e. The lowest BCUT2D eigenvalue weighted by atomic mass is 10.0. The SMILES string of the molecule is Cc1cc(C)c([Si]2C(=C=C=C3[Si](c4c(C)cc(C)cc4C)c4c(C([Si](C)(C)C)[Si](C)(C)C)cc(C([Si](C)(C)C)[Si](C)(C)C)cc4C3([Si](C)(C)C)[Si](C)(C)C)C([Si](C)(C)C)([Si](C)(C)C)c3cc(C([Si](C)(C)C)[Si](C)(C)C)cc(C([Si](C)(C)C)[Si](C)(C)C)c32)c(C)c1. The predicted octanol–water partition coefficient (Wildman–Crippen LogP) is 21.5. The molecular weight excluding hydrogens is 1310 g/mol. The molecule has 0 aliphatic carbocycles. The molecule has 2 heterocycles. The van der Waals surface area contributed by atoms with Crippen LogP contribution in [0.15, 0.2) is 70.4 Å². The minimum Gasteiger partial charge on any atom is -0.0751 e. The first-order valence-corrected chi connectivity index (χ1v) is 81.0. The van der Waals surface area contributed by atoms with Gasteiger partial charge in [0.25, 0.3) is 0 Å². The fourth-order valence-corrected chi connectivity index (χ4v) is 113. The van der Waals surface area contributed by atoms with E-state index in [2.05, 4.69) is 326 Å². The molecule has 0 aromatic heterocycles. The fourth-order valence-electron chi connectivity index (χ4n) is 22.7.